The summed E-state index contributed by atoms with van der Waals surface area (Å²) >= 11 is 6.93. The topological polar surface area (TPSA) is 136 Å². The van der Waals surface area contributed by atoms with Crippen molar-refractivity contribution in [2.45, 2.75) is 44.7 Å². The number of nitrogens with one attached hydrogen (secondary N) is 3. The molecule has 2 atom stereocenters. The Bertz CT molecular complexity index is 2110. The Hall–Kier alpha value is -4.88. The minimum atomic E-state index is -0.855. The lowest BCUT2D eigenvalue weighted by molar-refractivity contribution is -0.119. The second-order valence-corrected chi connectivity index (χ2v) is 12.5. The molecule has 2 aliphatic rings. The lowest BCUT2D eigenvalue weighted by Gasteiger charge is -2.20. The highest BCUT2D eigenvalue weighted by Crippen LogP contribution is 2.43. The van der Waals surface area contributed by atoms with Gasteiger partial charge < -0.3 is 25.3 Å². The number of ether oxygens (including phenoxy) is 1. The number of aromatic nitrogens is 3. The molecule has 0 radical (unpaired) electrons. The Kier molecular flexibility index (Phi) is 8.92. The molecule has 6 rings (SSSR count). The largest absolute Gasteiger partial charge is 0.481 e. The molecule has 0 unspecified atom stereocenters. The predicted molar refractivity (Wildman–Crippen MR) is 176 cm³/mol. The van der Waals surface area contributed by atoms with Crippen LogP contribution in [0.4, 0.5) is 14.5 Å². The number of fused-ring (bicyclic) bond motifs is 1. The number of carbonyl (C=O) groups is 2. The molecule has 1 aliphatic carbocycles. The first-order chi connectivity index (χ1) is 22.9. The summed E-state index contributed by atoms with van der Waals surface area (Å²) in [6.45, 7) is 2.21. The molecule has 0 bridgehead atoms. The summed E-state index contributed by atoms with van der Waals surface area (Å²) in [6, 6.07) is 6.55. The van der Waals surface area contributed by atoms with Gasteiger partial charge in [-0.2, -0.15) is 0 Å². The summed E-state index contributed by atoms with van der Waals surface area (Å²) in [5.41, 5.74) is 1.50. The Morgan fingerprint density at radius 2 is 1.75 bits per heavy atom. The van der Waals surface area contributed by atoms with Crippen molar-refractivity contribution in [3.8, 4) is 28.3 Å². The smallest absolute Gasteiger partial charge is 0.330 e. The molecule has 14 heteroatoms. The van der Waals surface area contributed by atoms with E-state index >= 15 is 8.78 Å². The second-order valence-electron chi connectivity index (χ2n) is 12.1. The van der Waals surface area contributed by atoms with Crippen LogP contribution in [-0.2, 0) is 25.3 Å². The molecule has 11 nitrogen and oxygen atoms in total. The van der Waals surface area contributed by atoms with Gasteiger partial charge in [0.25, 0.3) is 11.5 Å². The van der Waals surface area contributed by atoms with Crippen molar-refractivity contribution in [1.29, 1.82) is 0 Å². The minimum Gasteiger partial charge on any atom is -0.481 e. The molecule has 3 heterocycles. The zero-order valence-electron chi connectivity index (χ0n) is 26.7. The van der Waals surface area contributed by atoms with E-state index in [0.29, 0.717) is 36.5 Å². The Morgan fingerprint density at radius 3 is 2.46 bits per heavy atom. The van der Waals surface area contributed by atoms with Crippen LogP contribution in [0.5, 0.6) is 5.88 Å². The quantitative estimate of drug-likeness (QED) is 0.255. The van der Waals surface area contributed by atoms with Gasteiger partial charge in [0, 0.05) is 67.7 Å². The van der Waals surface area contributed by atoms with Crippen molar-refractivity contribution < 1.29 is 23.1 Å². The maximum Gasteiger partial charge on any atom is 0.330 e. The van der Waals surface area contributed by atoms with Crippen molar-refractivity contribution in [1.82, 2.24) is 24.8 Å². The highest BCUT2D eigenvalue weighted by molar-refractivity contribution is 6.36. The number of nitrogens with zero attached hydrogens (tertiary/aromatic N) is 3. The molecule has 1 fully saturated rings. The van der Waals surface area contributed by atoms with Crippen molar-refractivity contribution in [3.05, 3.63) is 96.3 Å². The SMILES string of the molecule is COc1nc(-c2cc(F)cc(-c3cc(F)cc(NC(=O)c4cn(C)c(=O)n(C)c4=O)c3C)c2Cl)cc2c1[C@@H](NC[C@@H]1CCC(=O)N1)CC2. The van der Waals surface area contributed by atoms with Crippen LogP contribution in [0.2, 0.25) is 5.02 Å². The molecule has 0 saturated carbocycles. The summed E-state index contributed by atoms with van der Waals surface area (Å²) in [7, 11) is 4.15. The van der Waals surface area contributed by atoms with Gasteiger partial charge in [-0.25, -0.2) is 18.6 Å². The summed E-state index contributed by atoms with van der Waals surface area (Å²) in [6.07, 6.45) is 3.88. The maximum absolute atomic E-state index is 15.3. The van der Waals surface area contributed by atoms with E-state index in [0.717, 1.165) is 45.4 Å². The number of anilines is 1. The van der Waals surface area contributed by atoms with Gasteiger partial charge in [0.15, 0.2) is 0 Å². The average molecular weight is 679 g/mol. The fourth-order valence-corrected chi connectivity index (χ4v) is 6.74. The number of pyridine rings is 1. The predicted octanol–water partition coefficient (Wildman–Crippen LogP) is 4.17. The number of benzene rings is 2. The first kappa shape index (κ1) is 33.0. The maximum atomic E-state index is 15.3. The van der Waals surface area contributed by atoms with E-state index in [9.17, 15) is 19.2 Å². The van der Waals surface area contributed by atoms with Gasteiger partial charge >= 0.3 is 5.69 Å². The molecule has 3 N–H and O–H groups in total. The van der Waals surface area contributed by atoms with Gasteiger partial charge in [0.1, 0.15) is 17.2 Å². The number of hydrogen-bond acceptors (Lipinski definition) is 7. The Labute approximate surface area is 278 Å². The summed E-state index contributed by atoms with van der Waals surface area (Å²) in [5.74, 6) is -1.83. The lowest BCUT2D eigenvalue weighted by atomic mass is 9.95. The molecular weight excluding hydrogens is 646 g/mol. The van der Waals surface area contributed by atoms with Crippen molar-refractivity contribution in [3.63, 3.8) is 0 Å². The number of halogens is 3. The van der Waals surface area contributed by atoms with E-state index in [1.807, 2.05) is 6.07 Å². The van der Waals surface area contributed by atoms with Crippen LogP contribution in [-0.4, -0.2) is 45.6 Å². The summed E-state index contributed by atoms with van der Waals surface area (Å²) in [4.78, 5) is 54.1. The molecule has 1 aliphatic heterocycles. The highest BCUT2D eigenvalue weighted by Gasteiger charge is 2.31. The molecule has 250 valence electrons. The molecule has 2 amide bonds. The molecule has 1 saturated heterocycles. The van der Waals surface area contributed by atoms with Gasteiger partial charge in [0.05, 0.1) is 17.8 Å². The number of methoxy groups -OCH3 is 1. The third-order valence-electron chi connectivity index (χ3n) is 8.96. The zero-order chi connectivity index (χ0) is 34.4. The Morgan fingerprint density at radius 1 is 1.04 bits per heavy atom. The van der Waals surface area contributed by atoms with Gasteiger partial charge in [0.2, 0.25) is 11.8 Å². The van der Waals surface area contributed by atoms with Gasteiger partial charge in [-0.3, -0.25) is 19.0 Å². The number of hydrogen-bond donors (Lipinski definition) is 3. The number of amides is 2. The first-order valence-corrected chi connectivity index (χ1v) is 15.7. The molecule has 48 heavy (non-hydrogen) atoms. The third-order valence-corrected chi connectivity index (χ3v) is 9.37. The minimum absolute atomic E-state index is 0.0285. The molecular formula is C34H33ClF2N6O5. The number of aryl methyl sites for hydroxylation is 2. The lowest BCUT2D eigenvalue weighted by Crippen LogP contribution is -2.40. The number of carbonyl (C=O) groups excluding carboxylic acids is 2. The van der Waals surface area contributed by atoms with Crippen LogP contribution in [0.15, 0.2) is 46.1 Å². The normalized spacial score (nSPS) is 16.9. The van der Waals surface area contributed by atoms with Crippen LogP contribution < -0.4 is 31.9 Å². The van der Waals surface area contributed by atoms with Crippen LogP contribution in [0.3, 0.4) is 0 Å². The molecule has 2 aromatic carbocycles. The monoisotopic (exact) mass is 678 g/mol. The summed E-state index contributed by atoms with van der Waals surface area (Å²) < 4.78 is 37.9. The highest BCUT2D eigenvalue weighted by atomic mass is 35.5. The van der Waals surface area contributed by atoms with E-state index in [1.165, 1.54) is 39.4 Å². The van der Waals surface area contributed by atoms with Gasteiger partial charge in [-0.1, -0.05) is 11.6 Å². The van der Waals surface area contributed by atoms with E-state index < -0.39 is 28.8 Å². The van der Waals surface area contributed by atoms with Crippen molar-refractivity contribution in [2.75, 3.05) is 19.0 Å². The van der Waals surface area contributed by atoms with Crippen LogP contribution in [0, 0.1) is 18.6 Å². The van der Waals surface area contributed by atoms with E-state index in [1.54, 1.807) is 6.92 Å². The van der Waals surface area contributed by atoms with E-state index in [2.05, 4.69) is 16.0 Å². The second kappa shape index (κ2) is 13.0. The molecule has 4 aromatic rings. The van der Waals surface area contributed by atoms with Gasteiger partial charge in [-0.05, 0) is 73.2 Å². The van der Waals surface area contributed by atoms with E-state index in [4.69, 9.17) is 21.3 Å². The van der Waals surface area contributed by atoms with E-state index in [-0.39, 0.29) is 51.0 Å². The molecule has 2 aromatic heterocycles. The Balaban J connectivity index is 1.35. The fraction of sp³-hybridized carbons (Fsp3) is 0.324. The van der Waals surface area contributed by atoms with Crippen LogP contribution >= 0.6 is 11.6 Å². The fourth-order valence-electron chi connectivity index (χ4n) is 6.43. The van der Waals surface area contributed by atoms with Crippen LogP contribution in [0.1, 0.15) is 52.4 Å². The van der Waals surface area contributed by atoms with Crippen LogP contribution in [0.25, 0.3) is 22.4 Å². The van der Waals surface area contributed by atoms with Crippen molar-refractivity contribution >= 4 is 29.1 Å². The van der Waals surface area contributed by atoms with Gasteiger partial charge in [-0.15, -0.1) is 0 Å². The zero-order valence-corrected chi connectivity index (χ0v) is 27.4. The first-order valence-electron chi connectivity index (χ1n) is 15.3. The standard InChI is InChI=1S/C34H33ClF2N6O5/c1-16-21(10-19(37)13-26(16)40-31(45)24-15-42(2)34(47)43(3)33(24)46)22-11-18(36)12-23(30(22)35)27-9-17-5-7-25(29(17)32(41-27)48-4)38-14-20-6-8-28(44)39-20/h9-13,15,20,25,38H,5-8,14H2,1-4H3,(H,39,44)(H,40,45)/t20-,25-/m0/s1. The van der Waals surface area contributed by atoms with Crippen molar-refractivity contribution in [2.24, 2.45) is 14.1 Å². The number of rotatable bonds is 8. The average Bonchev–Trinajstić information content (AvgIpc) is 3.68. The molecule has 0 spiro atoms. The third kappa shape index (κ3) is 6.11. The summed E-state index contributed by atoms with van der Waals surface area (Å²) in [5, 5.41) is 9.13.